The first-order valence-electron chi connectivity index (χ1n) is 8.66. The van der Waals surface area contributed by atoms with Crippen LogP contribution in [-0.2, 0) is 4.53 Å². The van der Waals surface area contributed by atoms with E-state index in [4.69, 9.17) is 8.95 Å². The Morgan fingerprint density at radius 1 is 0.875 bits per heavy atom. The van der Waals surface area contributed by atoms with Crippen LogP contribution in [0.2, 0.25) is 36.3 Å². The third-order valence-corrected chi connectivity index (χ3v) is 13.9. The van der Waals surface area contributed by atoms with Crippen molar-refractivity contribution in [3.8, 4) is 5.75 Å². The van der Waals surface area contributed by atoms with Gasteiger partial charge in [0.2, 0.25) is 8.32 Å². The maximum absolute atomic E-state index is 6.35. The van der Waals surface area contributed by atoms with Crippen molar-refractivity contribution in [1.82, 2.24) is 0 Å². The largest absolute Gasteiger partial charge is 0.543 e. The van der Waals surface area contributed by atoms with Crippen LogP contribution in [0.25, 0.3) is 0 Å². The third-order valence-electron chi connectivity index (χ3n) is 5.33. The lowest BCUT2D eigenvalue weighted by Crippen LogP contribution is -2.43. The quantitative estimate of drug-likeness (QED) is 0.342. The van der Waals surface area contributed by atoms with Gasteiger partial charge < -0.3 is 8.95 Å². The molecular formula is C19H35NO2Si2. The van der Waals surface area contributed by atoms with Crippen molar-refractivity contribution in [2.45, 2.75) is 77.8 Å². The van der Waals surface area contributed by atoms with Gasteiger partial charge in [-0.15, -0.1) is 5.16 Å². The highest BCUT2D eigenvalue weighted by atomic mass is 28.4. The summed E-state index contributed by atoms with van der Waals surface area (Å²) in [7, 11) is -3.68. The number of hydrogen-bond acceptors (Lipinski definition) is 3. The Bertz CT molecular complexity index is 582. The summed E-state index contributed by atoms with van der Waals surface area (Å²) < 4.78 is 12.2. The smallest absolute Gasteiger partial charge is 0.286 e. The molecule has 3 nitrogen and oxygen atoms in total. The minimum atomic E-state index is -1.86. The molecule has 0 unspecified atom stereocenters. The van der Waals surface area contributed by atoms with E-state index in [1.807, 2.05) is 24.3 Å². The zero-order valence-electron chi connectivity index (χ0n) is 17.2. The molecule has 0 radical (unpaired) electrons. The lowest BCUT2D eigenvalue weighted by molar-refractivity contribution is 0.310. The van der Waals surface area contributed by atoms with Crippen LogP contribution in [-0.4, -0.2) is 22.8 Å². The van der Waals surface area contributed by atoms with Crippen molar-refractivity contribution < 1.29 is 8.95 Å². The Balaban J connectivity index is 2.85. The monoisotopic (exact) mass is 365 g/mol. The highest BCUT2D eigenvalue weighted by Gasteiger charge is 2.40. The van der Waals surface area contributed by atoms with Gasteiger partial charge in [-0.25, -0.2) is 0 Å². The zero-order chi connectivity index (χ0) is 18.8. The van der Waals surface area contributed by atoms with Crippen LogP contribution in [0, 0.1) is 0 Å². The van der Waals surface area contributed by atoms with E-state index in [0.717, 1.165) is 11.3 Å². The lowest BCUT2D eigenvalue weighted by atomic mass is 10.2. The van der Waals surface area contributed by atoms with Gasteiger partial charge in [0, 0.05) is 0 Å². The average molecular weight is 366 g/mol. The molecule has 0 saturated carbocycles. The summed E-state index contributed by atoms with van der Waals surface area (Å²) in [5.41, 5.74) is 1.00. The Morgan fingerprint density at radius 2 is 1.42 bits per heavy atom. The fourth-order valence-corrected chi connectivity index (χ4v) is 3.07. The summed E-state index contributed by atoms with van der Waals surface area (Å²) in [6.07, 6.45) is 1.79. The van der Waals surface area contributed by atoms with Gasteiger partial charge in [-0.1, -0.05) is 53.7 Å². The van der Waals surface area contributed by atoms with Crippen molar-refractivity contribution >= 4 is 22.8 Å². The van der Waals surface area contributed by atoms with Gasteiger partial charge in [-0.05, 0) is 54.0 Å². The predicted octanol–water partition coefficient (Wildman–Crippen LogP) is 6.43. The highest BCUT2D eigenvalue weighted by Crippen LogP contribution is 2.38. The minimum Gasteiger partial charge on any atom is -0.543 e. The molecule has 0 bridgehead atoms. The molecule has 0 saturated heterocycles. The molecule has 0 fully saturated rings. The molecule has 0 heterocycles. The van der Waals surface area contributed by atoms with Crippen molar-refractivity contribution in [3.63, 3.8) is 0 Å². The summed E-state index contributed by atoms with van der Waals surface area (Å²) in [6, 6.07) is 8.10. The summed E-state index contributed by atoms with van der Waals surface area (Å²) in [5.74, 6) is 0.915. The molecule has 0 amide bonds. The van der Waals surface area contributed by atoms with Crippen molar-refractivity contribution in [3.05, 3.63) is 29.8 Å². The van der Waals surface area contributed by atoms with E-state index in [2.05, 4.69) is 72.9 Å². The first-order chi connectivity index (χ1) is 10.7. The second kappa shape index (κ2) is 7.04. The molecule has 0 spiro atoms. The number of benzene rings is 1. The second-order valence-corrected chi connectivity index (χ2v) is 18.9. The van der Waals surface area contributed by atoms with Crippen LogP contribution in [0.5, 0.6) is 5.75 Å². The molecule has 5 heteroatoms. The molecule has 0 atom stereocenters. The van der Waals surface area contributed by atoms with Crippen LogP contribution in [0.4, 0.5) is 0 Å². The molecule has 0 N–H and O–H groups in total. The Morgan fingerprint density at radius 3 is 1.92 bits per heavy atom. The van der Waals surface area contributed by atoms with Crippen LogP contribution in [0.3, 0.4) is 0 Å². The van der Waals surface area contributed by atoms with Gasteiger partial charge in [-0.2, -0.15) is 0 Å². The fourth-order valence-electron chi connectivity index (χ4n) is 1.46. The third kappa shape index (κ3) is 5.48. The topological polar surface area (TPSA) is 30.8 Å². The number of nitrogens with zero attached hydrogens (tertiary/aromatic N) is 1. The summed E-state index contributed by atoms with van der Waals surface area (Å²) in [5, 5.41) is 4.59. The van der Waals surface area contributed by atoms with Crippen LogP contribution < -0.4 is 4.43 Å². The van der Waals surface area contributed by atoms with Gasteiger partial charge in [-0.3, -0.25) is 0 Å². The van der Waals surface area contributed by atoms with Gasteiger partial charge in [0.1, 0.15) is 5.75 Å². The highest BCUT2D eigenvalue weighted by molar-refractivity contribution is 6.75. The number of hydrogen-bond donors (Lipinski definition) is 0. The Kier molecular flexibility index (Phi) is 6.15. The van der Waals surface area contributed by atoms with E-state index in [1.54, 1.807) is 6.21 Å². The van der Waals surface area contributed by atoms with Gasteiger partial charge in [0.05, 0.1) is 6.21 Å². The average Bonchev–Trinajstić information content (AvgIpc) is 2.35. The summed E-state index contributed by atoms with van der Waals surface area (Å²) in [4.78, 5) is 0. The summed E-state index contributed by atoms with van der Waals surface area (Å²) >= 11 is 0. The fraction of sp³-hybridized carbons (Fsp3) is 0.632. The van der Waals surface area contributed by atoms with E-state index in [9.17, 15) is 0 Å². The Hall–Kier alpha value is -1.08. The zero-order valence-corrected chi connectivity index (χ0v) is 19.2. The molecular weight excluding hydrogens is 330 g/mol. The SMILES string of the molecule is CC(C)(C)[Si](C)(C)O/N=C/c1cccc(O[Si](C)(C)C(C)(C)C)c1. The Labute approximate surface area is 150 Å². The normalized spacial score (nSPS) is 14.1. The number of rotatable bonds is 5. The molecule has 136 valence electrons. The lowest BCUT2D eigenvalue weighted by Gasteiger charge is -2.36. The van der Waals surface area contributed by atoms with Crippen LogP contribution >= 0.6 is 0 Å². The standard InChI is InChI=1S/C19H35NO2Si2/c1-18(2,3)23(7,8)21-17-13-11-12-16(14-17)15-20-22-24(9,10)19(4,5)6/h11-15H,1-10H3/b20-15+. The van der Waals surface area contributed by atoms with E-state index < -0.39 is 16.6 Å². The molecule has 1 aromatic rings. The van der Waals surface area contributed by atoms with E-state index >= 15 is 0 Å². The molecule has 0 aromatic heterocycles. The van der Waals surface area contributed by atoms with Gasteiger partial charge >= 0.3 is 0 Å². The molecule has 24 heavy (non-hydrogen) atoms. The molecule has 0 aliphatic rings. The maximum Gasteiger partial charge on any atom is 0.286 e. The molecule has 0 aliphatic carbocycles. The van der Waals surface area contributed by atoms with Crippen molar-refractivity contribution in [1.29, 1.82) is 0 Å². The van der Waals surface area contributed by atoms with Crippen molar-refractivity contribution in [2.24, 2.45) is 5.16 Å². The second-order valence-electron chi connectivity index (χ2n) is 9.52. The predicted molar refractivity (Wildman–Crippen MR) is 110 cm³/mol. The van der Waals surface area contributed by atoms with E-state index in [0.29, 0.717) is 0 Å². The van der Waals surface area contributed by atoms with Gasteiger partial charge in [0.25, 0.3) is 8.32 Å². The maximum atomic E-state index is 6.35. The van der Waals surface area contributed by atoms with Crippen LogP contribution in [0.15, 0.2) is 29.4 Å². The summed E-state index contributed by atoms with van der Waals surface area (Å²) in [6.45, 7) is 22.3. The van der Waals surface area contributed by atoms with Gasteiger partial charge in [0.15, 0.2) is 0 Å². The first kappa shape index (κ1) is 21.0. The molecule has 1 aromatic carbocycles. The van der Waals surface area contributed by atoms with Crippen LogP contribution in [0.1, 0.15) is 47.1 Å². The number of oxime groups is 1. The molecule has 0 aliphatic heterocycles. The van der Waals surface area contributed by atoms with E-state index in [1.165, 1.54) is 0 Å². The van der Waals surface area contributed by atoms with Crippen molar-refractivity contribution in [2.75, 3.05) is 0 Å². The molecule has 1 rings (SSSR count). The van der Waals surface area contributed by atoms with E-state index in [-0.39, 0.29) is 10.1 Å². The first-order valence-corrected chi connectivity index (χ1v) is 14.5. The minimum absolute atomic E-state index is 0.150.